The quantitative estimate of drug-likeness (QED) is 0.252. The van der Waals surface area contributed by atoms with Crippen LogP contribution in [0.4, 0.5) is 29.3 Å². The van der Waals surface area contributed by atoms with E-state index < -0.39 is 17.8 Å². The van der Waals surface area contributed by atoms with Crippen molar-refractivity contribution in [2.24, 2.45) is 4.99 Å². The molecule has 1 fully saturated rings. The number of nitrogens with zero attached hydrogens (tertiary/aromatic N) is 5. The Morgan fingerprint density at radius 1 is 1.09 bits per heavy atom. The van der Waals surface area contributed by atoms with Crippen molar-refractivity contribution in [3.8, 4) is 22.8 Å². The van der Waals surface area contributed by atoms with Crippen LogP contribution in [0.1, 0.15) is 36.5 Å². The first-order chi connectivity index (χ1) is 20.4. The van der Waals surface area contributed by atoms with Crippen molar-refractivity contribution >= 4 is 40.2 Å². The molecule has 3 amide bonds. The van der Waals surface area contributed by atoms with Gasteiger partial charge in [-0.1, -0.05) is 31.7 Å². The van der Waals surface area contributed by atoms with Crippen LogP contribution in [0, 0.1) is 6.92 Å². The number of urea groups is 1. The number of hydrogen-bond acceptors (Lipinski definition) is 6. The number of aliphatic imine (C=N–C) groups is 1. The van der Waals surface area contributed by atoms with E-state index in [0.29, 0.717) is 39.8 Å². The van der Waals surface area contributed by atoms with Crippen molar-refractivity contribution in [1.82, 2.24) is 14.8 Å². The molecule has 1 aromatic heterocycles. The van der Waals surface area contributed by atoms with Crippen LogP contribution in [0.25, 0.3) is 17.1 Å². The Hall–Kier alpha value is -4.65. The van der Waals surface area contributed by atoms with Crippen LogP contribution in [0.3, 0.4) is 0 Å². The number of halogens is 3. The van der Waals surface area contributed by atoms with Gasteiger partial charge in [0.2, 0.25) is 5.91 Å². The number of thioether (sulfide) groups is 1. The van der Waals surface area contributed by atoms with Crippen molar-refractivity contribution in [2.75, 3.05) is 23.1 Å². The highest BCUT2D eigenvalue weighted by atomic mass is 32.2. The van der Waals surface area contributed by atoms with Gasteiger partial charge in [0.25, 0.3) is 0 Å². The summed E-state index contributed by atoms with van der Waals surface area (Å²) in [6.07, 6.45) is -3.01. The number of anilines is 2. The van der Waals surface area contributed by atoms with Gasteiger partial charge in [-0.05, 0) is 72.5 Å². The van der Waals surface area contributed by atoms with Gasteiger partial charge in [-0.3, -0.25) is 9.69 Å². The number of aromatic nitrogens is 3. The molecular formula is C30H27F3N6O3S. The van der Waals surface area contributed by atoms with Gasteiger partial charge in [-0.25, -0.2) is 14.5 Å². The Bertz CT molecular complexity index is 1720. The zero-order chi connectivity index (χ0) is 30.9. The summed E-state index contributed by atoms with van der Waals surface area (Å²) in [5.74, 6) is 1.03. The molecule has 0 saturated carbocycles. The molecule has 9 nitrogen and oxygen atoms in total. The SMILES string of the molecule is COc1ccc(C(C)C)c(N2C(=O)CS/C2=N\C(=O)Nc2ccc(-c3ncn(-c4ccc(C(F)(F)F)cc4)n3)cc2C)c1. The Balaban J connectivity index is 1.33. The molecule has 0 radical (unpaired) electrons. The number of benzene rings is 3. The molecule has 0 spiro atoms. The molecule has 1 aliphatic heterocycles. The molecular weight excluding hydrogens is 581 g/mol. The highest BCUT2D eigenvalue weighted by molar-refractivity contribution is 8.15. The van der Waals surface area contributed by atoms with Crippen molar-refractivity contribution in [1.29, 1.82) is 0 Å². The van der Waals surface area contributed by atoms with E-state index in [9.17, 15) is 22.8 Å². The molecule has 4 aromatic rings. The summed E-state index contributed by atoms with van der Waals surface area (Å²) in [6.45, 7) is 5.83. The number of alkyl halides is 3. The molecule has 3 aromatic carbocycles. The maximum atomic E-state index is 13.0. The molecule has 5 rings (SSSR count). The number of aryl methyl sites for hydroxylation is 1. The number of rotatable bonds is 6. The smallest absolute Gasteiger partial charge is 0.416 e. The van der Waals surface area contributed by atoms with Gasteiger partial charge in [0.05, 0.1) is 29.8 Å². The van der Waals surface area contributed by atoms with Crippen LogP contribution in [0.15, 0.2) is 72.0 Å². The average molecular weight is 609 g/mol. The zero-order valence-electron chi connectivity index (χ0n) is 23.6. The van der Waals surface area contributed by atoms with E-state index in [1.807, 2.05) is 26.0 Å². The lowest BCUT2D eigenvalue weighted by atomic mass is 10.00. The Morgan fingerprint density at radius 3 is 2.49 bits per heavy atom. The summed E-state index contributed by atoms with van der Waals surface area (Å²) in [4.78, 5) is 35.8. The van der Waals surface area contributed by atoms with Crippen LogP contribution >= 0.6 is 11.8 Å². The van der Waals surface area contributed by atoms with E-state index in [-0.39, 0.29) is 22.7 Å². The molecule has 0 atom stereocenters. The summed E-state index contributed by atoms with van der Waals surface area (Å²) < 4.78 is 45.4. The third kappa shape index (κ3) is 6.41. The molecule has 0 bridgehead atoms. The molecule has 1 saturated heterocycles. The second-order valence-electron chi connectivity index (χ2n) is 10.0. The van der Waals surface area contributed by atoms with Crippen LogP contribution in [0.2, 0.25) is 0 Å². The maximum absolute atomic E-state index is 13.0. The highest BCUT2D eigenvalue weighted by Gasteiger charge is 2.33. The Labute approximate surface area is 249 Å². The molecule has 1 aliphatic rings. The minimum absolute atomic E-state index is 0.117. The Kier molecular flexibility index (Phi) is 8.27. The third-order valence-corrected chi connectivity index (χ3v) is 7.66. The molecule has 0 unspecified atom stereocenters. The minimum Gasteiger partial charge on any atom is -0.497 e. The molecule has 222 valence electrons. The lowest BCUT2D eigenvalue weighted by Crippen LogP contribution is -2.31. The zero-order valence-corrected chi connectivity index (χ0v) is 24.5. The van der Waals surface area contributed by atoms with Crippen molar-refractivity contribution < 1.29 is 27.5 Å². The van der Waals surface area contributed by atoms with Gasteiger partial charge in [-0.15, -0.1) is 5.10 Å². The van der Waals surface area contributed by atoms with Gasteiger partial charge in [0.15, 0.2) is 11.0 Å². The monoisotopic (exact) mass is 608 g/mol. The third-order valence-electron chi connectivity index (χ3n) is 6.74. The summed E-state index contributed by atoms with van der Waals surface area (Å²) in [5, 5.41) is 7.42. The number of carbonyl (C=O) groups excluding carboxylic acids is 2. The topological polar surface area (TPSA) is 102 Å². The molecule has 0 aliphatic carbocycles. The maximum Gasteiger partial charge on any atom is 0.416 e. The van der Waals surface area contributed by atoms with Crippen LogP contribution in [-0.4, -0.2) is 44.7 Å². The highest BCUT2D eigenvalue weighted by Crippen LogP contribution is 2.36. The molecule has 43 heavy (non-hydrogen) atoms. The van der Waals surface area contributed by atoms with E-state index in [1.54, 1.807) is 38.3 Å². The van der Waals surface area contributed by atoms with Gasteiger partial charge in [0.1, 0.15) is 12.1 Å². The molecule has 1 N–H and O–H groups in total. The fourth-order valence-corrected chi connectivity index (χ4v) is 5.37. The molecule has 13 heteroatoms. The standard InChI is InChI=1S/C30H27F3N6O3S/c1-17(2)23-11-10-22(42-4)14-25(23)39-26(40)15-43-29(39)36-28(41)35-24-12-5-19(13-18(24)3)27-34-16-38(37-27)21-8-6-20(7-9-21)30(31,32)33/h5-14,16-17H,15H2,1-4H3,(H,35,41)/b36-29-. The van der Waals surface area contributed by atoms with Crippen LogP contribution < -0.4 is 15.0 Å². The predicted octanol–water partition coefficient (Wildman–Crippen LogP) is 7.06. The van der Waals surface area contributed by atoms with Crippen molar-refractivity contribution in [3.63, 3.8) is 0 Å². The van der Waals surface area contributed by atoms with E-state index >= 15 is 0 Å². The fraction of sp³-hybridized carbons (Fsp3) is 0.233. The van der Waals surface area contributed by atoms with Gasteiger partial charge >= 0.3 is 12.2 Å². The number of nitrogens with one attached hydrogen (secondary N) is 1. The summed E-state index contributed by atoms with van der Waals surface area (Å²) in [7, 11) is 1.55. The second-order valence-corrected chi connectivity index (χ2v) is 11.0. The minimum atomic E-state index is -4.42. The predicted molar refractivity (Wildman–Crippen MR) is 160 cm³/mol. The Morgan fingerprint density at radius 2 is 1.84 bits per heavy atom. The lowest BCUT2D eigenvalue weighted by Gasteiger charge is -2.22. The van der Waals surface area contributed by atoms with Crippen molar-refractivity contribution in [3.05, 3.63) is 83.7 Å². The van der Waals surface area contributed by atoms with E-state index in [1.165, 1.54) is 39.8 Å². The first-order valence-corrected chi connectivity index (χ1v) is 14.2. The number of methoxy groups -OCH3 is 1. The van der Waals surface area contributed by atoms with E-state index in [4.69, 9.17) is 4.74 Å². The van der Waals surface area contributed by atoms with E-state index in [2.05, 4.69) is 20.4 Å². The number of carbonyl (C=O) groups is 2. The summed E-state index contributed by atoms with van der Waals surface area (Å²) >= 11 is 1.18. The number of amides is 3. The molecule has 2 heterocycles. The first kappa shape index (κ1) is 29.8. The first-order valence-electron chi connectivity index (χ1n) is 13.2. The number of ether oxygens (including phenoxy) is 1. The van der Waals surface area contributed by atoms with Crippen LogP contribution in [0.5, 0.6) is 5.75 Å². The van der Waals surface area contributed by atoms with Gasteiger partial charge < -0.3 is 10.1 Å². The van der Waals surface area contributed by atoms with Crippen molar-refractivity contribution in [2.45, 2.75) is 32.9 Å². The average Bonchev–Trinajstić information content (AvgIpc) is 3.60. The largest absolute Gasteiger partial charge is 0.497 e. The summed E-state index contributed by atoms with van der Waals surface area (Å²) in [6, 6.07) is 14.7. The van der Waals surface area contributed by atoms with Gasteiger partial charge in [-0.2, -0.15) is 18.2 Å². The van der Waals surface area contributed by atoms with E-state index in [0.717, 1.165) is 17.7 Å². The fourth-order valence-electron chi connectivity index (χ4n) is 4.51. The summed E-state index contributed by atoms with van der Waals surface area (Å²) in [5.41, 5.74) is 3.09. The lowest BCUT2D eigenvalue weighted by molar-refractivity contribution is -0.137. The van der Waals surface area contributed by atoms with Crippen LogP contribution in [-0.2, 0) is 11.0 Å². The normalized spacial score (nSPS) is 14.6. The van der Waals surface area contributed by atoms with Gasteiger partial charge in [0, 0.05) is 17.3 Å². The second kappa shape index (κ2) is 11.9. The number of amidine groups is 1. The number of hydrogen-bond donors (Lipinski definition) is 1.